The fourth-order valence-corrected chi connectivity index (χ4v) is 4.90. The molecule has 2 aromatic heterocycles. The van der Waals surface area contributed by atoms with Gasteiger partial charge in [-0.25, -0.2) is 13.8 Å². The molecule has 0 spiro atoms. The zero-order valence-electron chi connectivity index (χ0n) is 22.0. The van der Waals surface area contributed by atoms with Gasteiger partial charge in [0, 0.05) is 17.4 Å². The summed E-state index contributed by atoms with van der Waals surface area (Å²) in [4.78, 5) is 33.4. The molecule has 4 N–H and O–H groups in total. The number of H-pyrrole nitrogens is 2. The zero-order valence-corrected chi connectivity index (χ0v) is 22.8. The van der Waals surface area contributed by atoms with Crippen molar-refractivity contribution < 1.29 is 28.0 Å². The predicted octanol–water partition coefficient (Wildman–Crippen LogP) is 4.60. The predicted molar refractivity (Wildman–Crippen MR) is 147 cm³/mol. The van der Waals surface area contributed by atoms with Crippen LogP contribution in [0.3, 0.4) is 0 Å². The number of nitroso groups, excluding NO2 is 1. The summed E-state index contributed by atoms with van der Waals surface area (Å²) in [5, 5.41) is 15.6. The lowest BCUT2D eigenvalue weighted by Gasteiger charge is -2.25. The third kappa shape index (κ3) is 6.25. The number of methoxy groups -OCH3 is 1. The summed E-state index contributed by atoms with van der Waals surface area (Å²) in [5.41, 5.74) is 0.0621. The van der Waals surface area contributed by atoms with E-state index in [-0.39, 0.29) is 16.1 Å². The summed E-state index contributed by atoms with van der Waals surface area (Å²) in [7, 11) is 1.53. The van der Waals surface area contributed by atoms with Gasteiger partial charge in [-0.3, -0.25) is 14.8 Å². The number of ether oxygens (including phenoxy) is 2. The number of amides is 1. The number of morpholine rings is 1. The lowest BCUT2D eigenvalue weighted by Crippen LogP contribution is -2.40. The van der Waals surface area contributed by atoms with Crippen molar-refractivity contribution in [3.63, 3.8) is 0 Å². The Labute approximate surface area is 236 Å². The molecule has 0 unspecified atom stereocenters. The van der Waals surface area contributed by atoms with E-state index in [0.29, 0.717) is 54.7 Å². The van der Waals surface area contributed by atoms with Crippen LogP contribution in [0.4, 0.5) is 37.6 Å². The number of halogens is 2. The maximum absolute atomic E-state index is 15.2. The molecule has 0 radical (unpaired) electrons. The number of aryl methyl sites for hydroxylation is 1. The molecule has 0 bridgehead atoms. The van der Waals surface area contributed by atoms with Crippen molar-refractivity contribution in [2.24, 2.45) is 5.18 Å². The van der Waals surface area contributed by atoms with Crippen LogP contribution < -0.4 is 25.3 Å². The number of rotatable bonds is 9. The topological polar surface area (TPSA) is 148 Å². The first-order valence-electron chi connectivity index (χ1n) is 12.4. The Morgan fingerprint density at radius 3 is 2.71 bits per heavy atom. The summed E-state index contributed by atoms with van der Waals surface area (Å²) in [6.45, 7) is 4.15. The van der Waals surface area contributed by atoms with E-state index in [1.54, 1.807) is 0 Å². The van der Waals surface area contributed by atoms with E-state index in [9.17, 15) is 14.1 Å². The third-order valence-corrected chi connectivity index (χ3v) is 7.01. The number of hydrogen-bond acceptors (Lipinski definition) is 10. The van der Waals surface area contributed by atoms with E-state index < -0.39 is 23.2 Å². The molecule has 12 nitrogen and oxygen atoms in total. The second-order valence-corrected chi connectivity index (χ2v) is 9.90. The van der Waals surface area contributed by atoms with Gasteiger partial charge in [-0.1, -0.05) is 11.1 Å². The van der Waals surface area contributed by atoms with Gasteiger partial charge in [0.05, 0.1) is 43.9 Å². The molecule has 0 aliphatic carbocycles. The average Bonchev–Trinajstić information content (AvgIpc) is 3.39. The van der Waals surface area contributed by atoms with E-state index in [2.05, 4.69) is 40.9 Å². The highest BCUT2D eigenvalue weighted by Gasteiger charge is 2.29. The summed E-state index contributed by atoms with van der Waals surface area (Å²) >= 11 is 1.03. The lowest BCUT2D eigenvalue weighted by atomic mass is 10.1. The normalized spacial score (nSPS) is 13.1. The summed E-state index contributed by atoms with van der Waals surface area (Å²) in [6, 6.07) is 9.54. The van der Waals surface area contributed by atoms with Crippen molar-refractivity contribution in [1.29, 1.82) is 0 Å². The van der Waals surface area contributed by atoms with Crippen LogP contribution in [-0.4, -0.2) is 54.5 Å². The van der Waals surface area contributed by atoms with Crippen LogP contribution in [0.1, 0.15) is 16.1 Å². The highest BCUT2D eigenvalue weighted by Crippen LogP contribution is 2.36. The van der Waals surface area contributed by atoms with Gasteiger partial charge < -0.3 is 20.1 Å². The fourth-order valence-electron chi connectivity index (χ4n) is 4.12. The van der Waals surface area contributed by atoms with Crippen molar-refractivity contribution in [3.05, 3.63) is 70.3 Å². The van der Waals surface area contributed by atoms with Crippen LogP contribution in [0.25, 0.3) is 0 Å². The molecule has 1 aliphatic rings. The molecule has 212 valence electrons. The number of anilines is 4. The Morgan fingerprint density at radius 2 is 2.02 bits per heavy atom. The number of nitrogens with one attached hydrogen (secondary N) is 4. The lowest BCUT2D eigenvalue weighted by molar-refractivity contribution is -0.421. The first kappa shape index (κ1) is 27.9. The number of nitrogens with zero attached hydrogens (tertiary/aromatic N) is 4. The van der Waals surface area contributed by atoms with E-state index in [0.717, 1.165) is 29.6 Å². The molecule has 2 aromatic carbocycles. The molecule has 3 heterocycles. The van der Waals surface area contributed by atoms with Crippen LogP contribution in [0.2, 0.25) is 0 Å². The zero-order chi connectivity index (χ0) is 28.9. The molecular formula is C26H25F2N8O4S+. The average molecular weight is 584 g/mol. The van der Waals surface area contributed by atoms with Gasteiger partial charge in [0.15, 0.2) is 11.6 Å². The van der Waals surface area contributed by atoms with Crippen molar-refractivity contribution in [3.8, 4) is 5.75 Å². The van der Waals surface area contributed by atoms with Crippen LogP contribution >= 0.6 is 11.8 Å². The molecule has 5 rings (SSSR count). The molecule has 0 saturated carbocycles. The number of hydrogen-bond donors (Lipinski definition) is 3. The fraction of sp³-hybridized carbons (Fsp3) is 0.231. The summed E-state index contributed by atoms with van der Waals surface area (Å²) in [6.07, 6.45) is 0. The number of carbonyl (C=O) groups is 1. The van der Waals surface area contributed by atoms with Gasteiger partial charge in [0.2, 0.25) is 0 Å². The maximum atomic E-state index is 15.2. The molecule has 1 saturated heterocycles. The Hall–Kier alpha value is -4.63. The second kappa shape index (κ2) is 12.3. The first-order valence-corrected chi connectivity index (χ1v) is 13.2. The Morgan fingerprint density at radius 1 is 1.22 bits per heavy atom. The molecule has 4 aromatic rings. The molecule has 1 aliphatic heterocycles. The smallest absolute Gasteiger partial charge is 0.303 e. The van der Waals surface area contributed by atoms with Crippen molar-refractivity contribution in [2.75, 3.05) is 48.9 Å². The molecular weight excluding hydrogens is 558 g/mol. The minimum atomic E-state index is -1.06. The molecule has 1 fully saturated rings. The van der Waals surface area contributed by atoms with Gasteiger partial charge in [-0.05, 0) is 54.2 Å². The van der Waals surface area contributed by atoms with E-state index >= 15 is 4.39 Å². The number of carbonyl (C=O) groups excluding carboxylic acids is 1. The van der Waals surface area contributed by atoms with Crippen LogP contribution in [0.15, 0.2) is 57.7 Å². The third-order valence-electron chi connectivity index (χ3n) is 6.07. The van der Waals surface area contributed by atoms with Gasteiger partial charge in [-0.2, -0.15) is 5.10 Å². The molecule has 1 amide bonds. The minimum absolute atomic E-state index is 0.0950. The highest BCUT2D eigenvalue weighted by molar-refractivity contribution is 7.99. The van der Waals surface area contributed by atoms with Crippen molar-refractivity contribution in [1.82, 2.24) is 15.2 Å². The largest absolute Gasteiger partial charge is 0.487 e. The van der Waals surface area contributed by atoms with E-state index in [4.69, 9.17) is 9.47 Å². The summed E-state index contributed by atoms with van der Waals surface area (Å²) in [5.74, 6) is -0.553. The summed E-state index contributed by atoms with van der Waals surface area (Å²) < 4.78 is 40.7. The van der Waals surface area contributed by atoms with Crippen LogP contribution in [0, 0.1) is 23.5 Å². The van der Waals surface area contributed by atoms with Gasteiger partial charge in [0.1, 0.15) is 11.5 Å². The number of aromatic amines is 2. The SMILES string of the molecule is COc1c(Nc2cc(C)[nH]n2)nc(Sc2ccc(NC(=O)c3cccc(N=O)c3F)cc2F)[nH+]c1N1CCOCC1. The van der Waals surface area contributed by atoms with Crippen molar-refractivity contribution in [2.45, 2.75) is 17.0 Å². The Kier molecular flexibility index (Phi) is 8.35. The monoisotopic (exact) mass is 583 g/mol. The number of aromatic nitrogens is 4. The molecule has 15 heteroatoms. The molecule has 41 heavy (non-hydrogen) atoms. The van der Waals surface area contributed by atoms with Crippen LogP contribution in [-0.2, 0) is 4.74 Å². The van der Waals surface area contributed by atoms with Crippen molar-refractivity contribution >= 4 is 46.5 Å². The second-order valence-electron chi connectivity index (χ2n) is 8.86. The van der Waals surface area contributed by atoms with Crippen LogP contribution in [0.5, 0.6) is 5.75 Å². The Balaban J connectivity index is 1.42. The maximum Gasteiger partial charge on any atom is 0.303 e. The van der Waals surface area contributed by atoms with Gasteiger partial charge in [-0.15, -0.1) is 4.91 Å². The number of benzene rings is 2. The molecule has 0 atom stereocenters. The van der Waals surface area contributed by atoms with E-state index in [1.165, 1.54) is 31.4 Å². The van der Waals surface area contributed by atoms with Gasteiger partial charge >= 0.3 is 5.16 Å². The van der Waals surface area contributed by atoms with E-state index in [1.807, 2.05) is 13.0 Å². The Bertz CT molecular complexity index is 1600. The first-order chi connectivity index (χ1) is 19.9. The highest BCUT2D eigenvalue weighted by atomic mass is 32.2. The standard InChI is InChI=1S/C26H24F2N8O4S/c1-14-12-20(34-33-14)30-23-22(39-2)24(36-8-10-40-11-9-36)32-26(31-23)41-19-7-6-15(13-17(19)27)29-25(37)16-4-3-5-18(35-38)21(16)28/h3-7,12-13H,8-11H2,1-2H3,(H,29,37)(H2,30,31,32,33,34)/p+1. The van der Waals surface area contributed by atoms with Gasteiger partial charge in [0.25, 0.3) is 23.3 Å². The quantitative estimate of drug-likeness (QED) is 0.190. The minimum Gasteiger partial charge on any atom is -0.487 e.